The number of alkyl carbamates (subject to hydrolysis) is 2. The fourth-order valence-corrected chi connectivity index (χ4v) is 7.26. The predicted octanol–water partition coefficient (Wildman–Crippen LogP) is 6.25. The molecule has 2 aliphatic rings. The van der Waals surface area contributed by atoms with Crippen LogP contribution in [0.4, 0.5) is 22.8 Å². The van der Waals surface area contributed by atoms with Crippen molar-refractivity contribution in [3.63, 3.8) is 0 Å². The molecule has 6 rings (SSSR count). The smallest absolute Gasteiger partial charge is 0.407 e. The number of alkyl halides is 3. The molecule has 0 radical (unpaired) electrons. The number of nitrogens with one attached hydrogen (secondary N) is 4. The Bertz CT molecular complexity index is 2160. The number of carbonyl (C=O) groups is 4. The predicted molar refractivity (Wildman–Crippen MR) is 206 cm³/mol. The highest BCUT2D eigenvalue weighted by atomic mass is 19.4. The Morgan fingerprint density at radius 2 is 1.21 bits per heavy atom. The second-order valence-corrected chi connectivity index (χ2v) is 14.5. The highest BCUT2D eigenvalue weighted by molar-refractivity contribution is 5.87. The number of aromatic amines is 2. The van der Waals surface area contributed by atoms with Gasteiger partial charge in [-0.2, -0.15) is 13.2 Å². The highest BCUT2D eigenvalue weighted by Crippen LogP contribution is 2.35. The lowest BCUT2D eigenvalue weighted by atomic mass is 10.0. The van der Waals surface area contributed by atoms with Gasteiger partial charge >= 0.3 is 18.4 Å². The molecule has 0 spiro atoms. The van der Waals surface area contributed by atoms with Crippen molar-refractivity contribution in [1.29, 1.82) is 0 Å². The summed E-state index contributed by atoms with van der Waals surface area (Å²) in [4.78, 5) is 69.1. The minimum absolute atomic E-state index is 0.130. The van der Waals surface area contributed by atoms with E-state index in [1.54, 1.807) is 17.3 Å². The van der Waals surface area contributed by atoms with Crippen LogP contribution in [0.5, 0.6) is 0 Å². The third kappa shape index (κ3) is 9.79. The van der Waals surface area contributed by atoms with Crippen molar-refractivity contribution in [3.8, 4) is 34.4 Å². The fourth-order valence-electron chi connectivity index (χ4n) is 7.26. The molecular weight excluding hydrogens is 757 g/mol. The normalized spacial score (nSPS) is 17.7. The molecular formula is C41H45F3N8O6. The van der Waals surface area contributed by atoms with E-state index >= 15 is 0 Å². The van der Waals surface area contributed by atoms with Gasteiger partial charge in [0.1, 0.15) is 23.7 Å². The largest absolute Gasteiger partial charge is 0.453 e. The van der Waals surface area contributed by atoms with E-state index in [1.807, 2.05) is 67.7 Å². The van der Waals surface area contributed by atoms with Gasteiger partial charge in [0, 0.05) is 24.2 Å². The summed E-state index contributed by atoms with van der Waals surface area (Å²) in [6, 6.07) is 11.8. The number of hydrogen-bond donors (Lipinski definition) is 4. The van der Waals surface area contributed by atoms with E-state index in [4.69, 9.17) is 4.74 Å². The Morgan fingerprint density at radius 3 is 1.64 bits per heavy atom. The molecule has 2 saturated heterocycles. The topological polar surface area (TPSA) is 175 Å². The number of benzene rings is 2. The average molecular weight is 803 g/mol. The van der Waals surface area contributed by atoms with Crippen LogP contribution in [0.1, 0.15) is 80.8 Å². The first-order valence-corrected chi connectivity index (χ1v) is 18.9. The van der Waals surface area contributed by atoms with Crippen LogP contribution in [-0.2, 0) is 19.1 Å². The van der Waals surface area contributed by atoms with Gasteiger partial charge in [0.2, 0.25) is 11.8 Å². The Labute approximate surface area is 333 Å². The summed E-state index contributed by atoms with van der Waals surface area (Å²) >= 11 is 0. The number of likely N-dealkylation sites (tertiary alicyclic amines) is 2. The average Bonchev–Trinajstić information content (AvgIpc) is 4.05. The number of imidazole rings is 2. The zero-order valence-corrected chi connectivity index (χ0v) is 32.5. The number of amides is 4. The summed E-state index contributed by atoms with van der Waals surface area (Å²) in [7, 11) is 2.28. The molecule has 4 aromatic rings. The van der Waals surface area contributed by atoms with E-state index in [9.17, 15) is 32.3 Å². The van der Waals surface area contributed by atoms with Crippen molar-refractivity contribution in [2.24, 2.45) is 5.92 Å². The van der Waals surface area contributed by atoms with Crippen LogP contribution in [0.15, 0.2) is 60.9 Å². The lowest BCUT2D eigenvalue weighted by Gasteiger charge is -2.30. The second kappa shape index (κ2) is 17.9. The first kappa shape index (κ1) is 41.3. The summed E-state index contributed by atoms with van der Waals surface area (Å²) in [6.45, 7) is 4.53. The van der Waals surface area contributed by atoms with Gasteiger partial charge in [0.15, 0.2) is 0 Å². The molecule has 0 saturated carbocycles. The maximum atomic E-state index is 13.5. The minimum Gasteiger partial charge on any atom is -0.453 e. The molecule has 4 N–H and O–H groups in total. The van der Waals surface area contributed by atoms with Crippen LogP contribution in [0.2, 0.25) is 0 Å². The zero-order valence-electron chi connectivity index (χ0n) is 32.5. The molecule has 2 aliphatic heterocycles. The van der Waals surface area contributed by atoms with Gasteiger partial charge in [-0.15, -0.1) is 0 Å². The molecule has 4 atom stereocenters. The van der Waals surface area contributed by atoms with Crippen molar-refractivity contribution < 1.29 is 41.8 Å². The van der Waals surface area contributed by atoms with Gasteiger partial charge in [0.05, 0.1) is 56.5 Å². The number of hydrogen-bond acceptors (Lipinski definition) is 8. The number of ether oxygens (including phenoxy) is 2. The number of nitrogens with zero attached hydrogens (tertiary/aromatic N) is 4. The maximum Gasteiger partial charge on any atom is 0.407 e. The molecule has 4 amide bonds. The molecule has 0 aliphatic carbocycles. The van der Waals surface area contributed by atoms with Crippen LogP contribution in [0.3, 0.4) is 0 Å². The van der Waals surface area contributed by atoms with E-state index in [0.717, 1.165) is 47.9 Å². The summed E-state index contributed by atoms with van der Waals surface area (Å²) in [5, 5.41) is 4.69. The van der Waals surface area contributed by atoms with E-state index in [1.165, 1.54) is 12.0 Å². The summed E-state index contributed by atoms with van der Waals surface area (Å²) < 4.78 is 49.0. The molecule has 2 aromatic carbocycles. The fraction of sp³-hybridized carbons (Fsp3) is 0.415. The molecule has 2 aromatic heterocycles. The molecule has 0 bridgehead atoms. The quantitative estimate of drug-likeness (QED) is 0.136. The van der Waals surface area contributed by atoms with Gasteiger partial charge in [-0.05, 0) is 67.0 Å². The van der Waals surface area contributed by atoms with E-state index in [-0.39, 0.29) is 24.4 Å². The maximum absolute atomic E-state index is 13.5. The molecule has 2 fully saturated rings. The van der Waals surface area contributed by atoms with Crippen molar-refractivity contribution in [1.82, 2.24) is 40.4 Å². The SMILES string of the molecule is COC(=O)N[C@@H](CC(F)(F)F)C(=O)N1CCC[C@H]1c1ncc(-c2ccc(C#Cc3ccc(-c4cnc([C@@H]5CCCN5C(=O)[C@@H](NC(=O)OC)C(C)C)[nH]4)cc3)cc2)[nH]1. The van der Waals surface area contributed by atoms with Gasteiger partial charge < -0.3 is 39.9 Å². The number of halogens is 3. The molecule has 58 heavy (non-hydrogen) atoms. The van der Waals surface area contributed by atoms with Crippen molar-refractivity contribution in [2.75, 3.05) is 27.3 Å². The standard InChI is InChI=1S/C41H45F3N8O6/c1-24(2)34(50-40(56)58-4)38(54)52-20-6-8-33(52)36-46-23-31(48-36)28-17-13-26(14-18-28)10-9-25-11-15-27(16-12-25)30-22-45-35(47-30)32-7-5-19-51(32)37(53)29(21-41(42,43)44)49-39(55)57-3/h11-18,22-24,29,32-34H,5-8,19-21H2,1-4H3,(H,45,47)(H,46,48)(H,49,55)(H,50,56)/t29-,32-,33-,34-/m0/s1. The number of carbonyl (C=O) groups excluding carboxylic acids is 4. The molecule has 17 heteroatoms. The van der Waals surface area contributed by atoms with Crippen LogP contribution in [0.25, 0.3) is 22.5 Å². The molecule has 0 unspecified atom stereocenters. The van der Waals surface area contributed by atoms with Gasteiger partial charge in [-0.25, -0.2) is 19.6 Å². The van der Waals surface area contributed by atoms with Gasteiger partial charge in [0.25, 0.3) is 0 Å². The Balaban J connectivity index is 1.08. The van der Waals surface area contributed by atoms with E-state index in [2.05, 4.69) is 41.8 Å². The van der Waals surface area contributed by atoms with E-state index < -0.39 is 48.8 Å². The minimum atomic E-state index is -4.68. The van der Waals surface area contributed by atoms with Crippen LogP contribution < -0.4 is 10.6 Å². The number of rotatable bonds is 10. The summed E-state index contributed by atoms with van der Waals surface area (Å²) in [5.41, 5.74) is 4.73. The molecule has 306 valence electrons. The number of aromatic nitrogens is 4. The third-order valence-corrected chi connectivity index (χ3v) is 10.2. The monoisotopic (exact) mass is 802 g/mol. The van der Waals surface area contributed by atoms with E-state index in [0.29, 0.717) is 36.7 Å². The number of methoxy groups -OCH3 is 2. The highest BCUT2D eigenvalue weighted by Gasteiger charge is 2.42. The van der Waals surface area contributed by atoms with Crippen molar-refractivity contribution in [3.05, 3.63) is 83.7 Å². The summed E-state index contributed by atoms with van der Waals surface area (Å²) in [6.07, 6.45) is -2.00. The second-order valence-electron chi connectivity index (χ2n) is 14.5. The lowest BCUT2D eigenvalue weighted by Crippen LogP contribution is -2.51. The van der Waals surface area contributed by atoms with Crippen LogP contribution in [0, 0.1) is 17.8 Å². The number of H-pyrrole nitrogens is 2. The van der Waals surface area contributed by atoms with Gasteiger partial charge in [-0.1, -0.05) is 50.0 Å². The summed E-state index contributed by atoms with van der Waals surface area (Å²) in [5.74, 6) is 6.30. The van der Waals surface area contributed by atoms with Crippen LogP contribution in [-0.4, -0.2) is 99.3 Å². The van der Waals surface area contributed by atoms with Crippen molar-refractivity contribution >= 4 is 24.0 Å². The first-order valence-electron chi connectivity index (χ1n) is 18.9. The Hall–Kier alpha value is -6.31. The van der Waals surface area contributed by atoms with Crippen LogP contribution >= 0.6 is 0 Å². The van der Waals surface area contributed by atoms with Gasteiger partial charge in [-0.3, -0.25) is 9.59 Å². The molecule has 14 nitrogen and oxygen atoms in total. The zero-order chi connectivity index (χ0) is 41.6. The third-order valence-electron chi connectivity index (χ3n) is 10.2. The lowest BCUT2D eigenvalue weighted by molar-refractivity contribution is -0.154. The van der Waals surface area contributed by atoms with Crippen molar-refractivity contribution in [2.45, 2.75) is 76.3 Å². The Kier molecular flexibility index (Phi) is 12.7. The Morgan fingerprint density at radius 1 is 0.759 bits per heavy atom. The molecule has 4 heterocycles. The first-order chi connectivity index (χ1) is 27.7.